The highest BCUT2D eigenvalue weighted by molar-refractivity contribution is 7.21. The fraction of sp³-hybridized carbons (Fsp3) is 0.211. The molecule has 2 heterocycles. The number of nitrogen functional groups attached to an aromatic ring is 2. The van der Waals surface area contributed by atoms with Crippen molar-refractivity contribution in [3.8, 4) is 17.2 Å². The third-order valence-corrected chi connectivity index (χ3v) is 5.41. The number of thiophene rings is 1. The van der Waals surface area contributed by atoms with Gasteiger partial charge in [-0.05, 0) is 19.4 Å². The quantitative estimate of drug-likeness (QED) is 0.735. The van der Waals surface area contributed by atoms with Gasteiger partial charge in [-0.15, -0.1) is 11.3 Å². The van der Waals surface area contributed by atoms with Gasteiger partial charge < -0.3 is 16.4 Å². The van der Waals surface area contributed by atoms with Crippen LogP contribution in [0.3, 0.4) is 0 Å². The number of amides is 1. The van der Waals surface area contributed by atoms with Crippen LogP contribution in [0.15, 0.2) is 30.3 Å². The fourth-order valence-electron chi connectivity index (χ4n) is 2.99. The minimum absolute atomic E-state index is 0.133. The summed E-state index contributed by atoms with van der Waals surface area (Å²) in [4.78, 5) is 19.9. The number of fused-ring (bicyclic) bond motifs is 1. The standard InChI is InChI=1S/C19H19N5OS/c1-3-24(4-2)19(25)16-15(21)14-13(11-8-6-5-7-9-11)12(10-20)17(22)23-18(14)26-16/h5-9H,3-4,21H2,1-2H3,(H2,22,23). The molecule has 0 saturated heterocycles. The van der Waals surface area contributed by atoms with E-state index in [0.717, 1.165) is 5.56 Å². The maximum absolute atomic E-state index is 12.8. The van der Waals surface area contributed by atoms with Gasteiger partial charge in [0.25, 0.3) is 5.91 Å². The Morgan fingerprint density at radius 1 is 1.23 bits per heavy atom. The second kappa shape index (κ2) is 7.02. The van der Waals surface area contributed by atoms with Gasteiger partial charge >= 0.3 is 0 Å². The van der Waals surface area contributed by atoms with E-state index in [1.54, 1.807) is 4.90 Å². The predicted octanol–water partition coefficient (Wildman–Crippen LogP) is 3.48. The molecule has 132 valence electrons. The van der Waals surface area contributed by atoms with Crippen LogP contribution in [0.25, 0.3) is 21.3 Å². The lowest BCUT2D eigenvalue weighted by molar-refractivity contribution is 0.0779. The molecule has 4 N–H and O–H groups in total. The number of benzene rings is 1. The summed E-state index contributed by atoms with van der Waals surface area (Å²) < 4.78 is 0. The SMILES string of the molecule is CCN(CC)C(=O)c1sc2nc(N)c(C#N)c(-c3ccccc3)c2c1N. The van der Waals surface area contributed by atoms with Crippen molar-refractivity contribution in [3.63, 3.8) is 0 Å². The number of hydrogen-bond acceptors (Lipinski definition) is 6. The van der Waals surface area contributed by atoms with Crippen LogP contribution in [0.1, 0.15) is 29.1 Å². The molecule has 0 radical (unpaired) electrons. The lowest BCUT2D eigenvalue weighted by atomic mass is 9.97. The van der Waals surface area contributed by atoms with Crippen LogP contribution >= 0.6 is 11.3 Å². The van der Waals surface area contributed by atoms with E-state index in [1.807, 2.05) is 44.2 Å². The Morgan fingerprint density at radius 2 is 1.88 bits per heavy atom. The third-order valence-electron chi connectivity index (χ3n) is 4.32. The molecule has 0 saturated carbocycles. The molecule has 0 bridgehead atoms. The molecule has 0 aliphatic carbocycles. The van der Waals surface area contributed by atoms with E-state index >= 15 is 0 Å². The van der Waals surface area contributed by atoms with Gasteiger partial charge in [0.05, 0.1) is 5.69 Å². The van der Waals surface area contributed by atoms with Crippen LogP contribution in [-0.2, 0) is 0 Å². The molecule has 2 aromatic heterocycles. The van der Waals surface area contributed by atoms with Crippen molar-refractivity contribution in [1.29, 1.82) is 5.26 Å². The number of nitrogens with two attached hydrogens (primary N) is 2. The van der Waals surface area contributed by atoms with E-state index in [2.05, 4.69) is 11.1 Å². The lowest BCUT2D eigenvalue weighted by Crippen LogP contribution is -2.30. The van der Waals surface area contributed by atoms with Gasteiger partial charge in [0.1, 0.15) is 27.2 Å². The topological polar surface area (TPSA) is 109 Å². The van der Waals surface area contributed by atoms with Crippen molar-refractivity contribution in [2.24, 2.45) is 0 Å². The van der Waals surface area contributed by atoms with Gasteiger partial charge in [-0.2, -0.15) is 5.26 Å². The summed E-state index contributed by atoms with van der Waals surface area (Å²) in [6, 6.07) is 11.6. The third kappa shape index (κ3) is 2.74. The largest absolute Gasteiger partial charge is 0.397 e. The van der Waals surface area contributed by atoms with Gasteiger partial charge in [0.2, 0.25) is 0 Å². The summed E-state index contributed by atoms with van der Waals surface area (Å²) in [6.07, 6.45) is 0. The van der Waals surface area contributed by atoms with Gasteiger partial charge in [0, 0.05) is 24.0 Å². The normalized spacial score (nSPS) is 10.7. The highest BCUT2D eigenvalue weighted by atomic mass is 32.1. The van der Waals surface area contributed by atoms with Crippen LogP contribution in [0.4, 0.5) is 11.5 Å². The molecular formula is C19H19N5OS. The molecule has 0 atom stereocenters. The van der Waals surface area contributed by atoms with Gasteiger partial charge in [-0.1, -0.05) is 30.3 Å². The zero-order chi connectivity index (χ0) is 18.8. The number of carbonyl (C=O) groups is 1. The number of hydrogen-bond donors (Lipinski definition) is 2. The molecule has 1 amide bonds. The Labute approximate surface area is 155 Å². The van der Waals surface area contributed by atoms with Crippen molar-refractivity contribution >= 4 is 39.0 Å². The molecular weight excluding hydrogens is 346 g/mol. The van der Waals surface area contributed by atoms with Crippen LogP contribution in [0.2, 0.25) is 0 Å². The maximum Gasteiger partial charge on any atom is 0.266 e. The molecule has 3 aromatic rings. The molecule has 0 fully saturated rings. The van der Waals surface area contributed by atoms with Crippen molar-refractivity contribution in [1.82, 2.24) is 9.88 Å². The van der Waals surface area contributed by atoms with Crippen molar-refractivity contribution < 1.29 is 4.79 Å². The number of carbonyl (C=O) groups excluding carboxylic acids is 1. The first kappa shape index (κ1) is 17.7. The second-order valence-electron chi connectivity index (χ2n) is 5.73. The molecule has 0 spiro atoms. The molecule has 6 nitrogen and oxygen atoms in total. The first-order chi connectivity index (χ1) is 12.5. The molecule has 26 heavy (non-hydrogen) atoms. The van der Waals surface area contributed by atoms with Crippen LogP contribution < -0.4 is 11.5 Å². The molecule has 0 aliphatic rings. The molecule has 3 rings (SSSR count). The smallest absolute Gasteiger partial charge is 0.266 e. The Hall–Kier alpha value is -3.11. The summed E-state index contributed by atoms with van der Waals surface area (Å²) >= 11 is 1.22. The Balaban J connectivity index is 2.36. The Kier molecular flexibility index (Phi) is 4.78. The summed E-state index contributed by atoms with van der Waals surface area (Å²) in [7, 11) is 0. The molecule has 0 aliphatic heterocycles. The molecule has 7 heteroatoms. The van der Waals surface area contributed by atoms with E-state index in [9.17, 15) is 10.1 Å². The zero-order valence-electron chi connectivity index (χ0n) is 14.6. The minimum atomic E-state index is -0.133. The van der Waals surface area contributed by atoms with E-state index in [0.29, 0.717) is 39.4 Å². The van der Waals surface area contributed by atoms with E-state index < -0.39 is 0 Å². The van der Waals surface area contributed by atoms with Gasteiger partial charge in [-0.25, -0.2) is 4.98 Å². The van der Waals surface area contributed by atoms with Crippen molar-refractivity contribution in [2.75, 3.05) is 24.6 Å². The average Bonchev–Trinajstić information content (AvgIpc) is 2.98. The van der Waals surface area contributed by atoms with Crippen molar-refractivity contribution in [3.05, 3.63) is 40.8 Å². The monoisotopic (exact) mass is 365 g/mol. The number of aromatic nitrogens is 1. The first-order valence-electron chi connectivity index (χ1n) is 8.29. The number of anilines is 2. The maximum atomic E-state index is 12.8. The fourth-order valence-corrected chi connectivity index (χ4v) is 4.07. The lowest BCUT2D eigenvalue weighted by Gasteiger charge is -2.17. The van der Waals surface area contributed by atoms with Crippen LogP contribution in [-0.4, -0.2) is 28.9 Å². The van der Waals surface area contributed by atoms with E-state index in [-0.39, 0.29) is 17.3 Å². The van der Waals surface area contributed by atoms with Crippen LogP contribution in [0, 0.1) is 11.3 Å². The number of nitriles is 1. The zero-order valence-corrected chi connectivity index (χ0v) is 15.4. The molecule has 0 unspecified atom stereocenters. The highest BCUT2D eigenvalue weighted by Crippen LogP contribution is 2.42. The molecule has 1 aromatic carbocycles. The number of pyridine rings is 1. The van der Waals surface area contributed by atoms with Gasteiger partial charge in [0.15, 0.2) is 0 Å². The average molecular weight is 365 g/mol. The summed E-state index contributed by atoms with van der Waals surface area (Å²) in [5.74, 6) is 0.00790. The van der Waals surface area contributed by atoms with E-state index in [4.69, 9.17) is 11.5 Å². The summed E-state index contributed by atoms with van der Waals surface area (Å²) in [5.41, 5.74) is 14.5. The number of rotatable bonds is 4. The van der Waals surface area contributed by atoms with Gasteiger partial charge in [-0.3, -0.25) is 4.79 Å². The van der Waals surface area contributed by atoms with Crippen LogP contribution in [0.5, 0.6) is 0 Å². The second-order valence-corrected chi connectivity index (χ2v) is 6.73. The van der Waals surface area contributed by atoms with E-state index in [1.165, 1.54) is 11.3 Å². The Bertz CT molecular complexity index is 1020. The Morgan fingerprint density at radius 3 is 2.46 bits per heavy atom. The summed E-state index contributed by atoms with van der Waals surface area (Å²) in [6.45, 7) is 5.02. The first-order valence-corrected chi connectivity index (χ1v) is 9.11. The highest BCUT2D eigenvalue weighted by Gasteiger charge is 2.25. The minimum Gasteiger partial charge on any atom is -0.397 e. The van der Waals surface area contributed by atoms with Crippen molar-refractivity contribution in [2.45, 2.75) is 13.8 Å². The predicted molar refractivity (Wildman–Crippen MR) is 106 cm³/mol. The summed E-state index contributed by atoms with van der Waals surface area (Å²) in [5, 5.41) is 10.2. The number of nitrogens with zero attached hydrogens (tertiary/aromatic N) is 3.